The van der Waals surface area contributed by atoms with E-state index in [1.165, 1.54) is 13.2 Å². The van der Waals surface area contributed by atoms with Gasteiger partial charge in [0.05, 0.1) is 13.0 Å². The number of ether oxygens (including phenoxy) is 1. The molecule has 0 aliphatic heterocycles. The minimum Gasteiger partial charge on any atom is -0.465 e. The first-order valence-corrected chi connectivity index (χ1v) is 4.03. The van der Waals surface area contributed by atoms with Gasteiger partial charge in [-0.15, -0.1) is 11.6 Å². The maximum absolute atomic E-state index is 10.7. The van der Waals surface area contributed by atoms with Crippen molar-refractivity contribution >= 4 is 33.5 Å². The number of esters is 1. The minimum absolute atomic E-state index is 0.248. The lowest BCUT2D eigenvalue weighted by molar-refractivity contribution is -0.135. The topological polar surface area (TPSA) is 26.3 Å². The molecule has 0 saturated heterocycles. The summed E-state index contributed by atoms with van der Waals surface area (Å²) in [5.41, 5.74) is 0. The first-order chi connectivity index (χ1) is 5.22. The van der Waals surface area contributed by atoms with E-state index in [1.54, 1.807) is 0 Å². The Morgan fingerprint density at radius 3 is 2.91 bits per heavy atom. The number of hydrogen-bond acceptors (Lipinski definition) is 2. The molecule has 0 aromatic carbocycles. The molecule has 0 aliphatic rings. The van der Waals surface area contributed by atoms with Gasteiger partial charge in [0.2, 0.25) is 0 Å². The van der Waals surface area contributed by atoms with Crippen LogP contribution in [0, 0.1) is 11.8 Å². The zero-order chi connectivity index (χ0) is 8.69. The zero-order valence-electron chi connectivity index (χ0n) is 5.86. The molecule has 0 aromatic heterocycles. The molecule has 4 heteroatoms. The molecule has 0 amide bonds. The van der Waals surface area contributed by atoms with Crippen LogP contribution in [0.3, 0.4) is 0 Å². The Morgan fingerprint density at radius 2 is 2.45 bits per heavy atom. The third-order valence-corrected chi connectivity index (χ3v) is 1.43. The van der Waals surface area contributed by atoms with Gasteiger partial charge in [-0.25, -0.2) is 4.79 Å². The van der Waals surface area contributed by atoms with Crippen LogP contribution in [0.1, 0.15) is 0 Å². The van der Waals surface area contributed by atoms with Crippen molar-refractivity contribution in [3.8, 4) is 11.8 Å². The van der Waals surface area contributed by atoms with E-state index in [2.05, 4.69) is 32.5 Å². The normalized spacial score (nSPS) is 9.91. The van der Waals surface area contributed by atoms with Crippen LogP contribution in [0.4, 0.5) is 0 Å². The molecule has 2 nitrogen and oxygen atoms in total. The summed E-state index contributed by atoms with van der Waals surface area (Å²) in [5, 5.41) is 0. The van der Waals surface area contributed by atoms with E-state index in [-0.39, 0.29) is 10.4 Å². The Labute approximate surface area is 78.7 Å². The Kier molecular flexibility index (Phi) is 6.00. The van der Waals surface area contributed by atoms with Crippen molar-refractivity contribution in [3.05, 3.63) is 10.6 Å². The summed E-state index contributed by atoms with van der Waals surface area (Å²) in [6.07, 6.45) is 1.40. The van der Waals surface area contributed by atoms with Crippen LogP contribution >= 0.6 is 27.5 Å². The molecule has 0 radical (unpaired) electrons. The molecule has 0 bridgehead atoms. The number of rotatable bonds is 1. The monoisotopic (exact) mass is 236 g/mol. The van der Waals surface area contributed by atoms with Gasteiger partial charge in [0.1, 0.15) is 4.48 Å². The van der Waals surface area contributed by atoms with Crippen LogP contribution in [0.2, 0.25) is 0 Å². The molecule has 0 aliphatic carbocycles. The highest BCUT2D eigenvalue weighted by atomic mass is 79.9. The SMILES string of the molecule is COC(=O)C(Br)=CC#CCCl. The van der Waals surface area contributed by atoms with Crippen molar-refractivity contribution in [1.82, 2.24) is 0 Å². The predicted molar refractivity (Wildman–Crippen MR) is 47.5 cm³/mol. The molecule has 0 rings (SSSR count). The number of carbonyl (C=O) groups is 1. The summed E-state index contributed by atoms with van der Waals surface area (Å²) in [6.45, 7) is 0. The van der Waals surface area contributed by atoms with Crippen LogP contribution in [-0.2, 0) is 9.53 Å². The molecule has 0 saturated carbocycles. The fourth-order valence-corrected chi connectivity index (χ4v) is 0.663. The number of alkyl halides is 1. The van der Waals surface area contributed by atoms with Crippen LogP contribution < -0.4 is 0 Å². The summed E-state index contributed by atoms with van der Waals surface area (Å²) in [7, 11) is 1.30. The molecule has 0 N–H and O–H groups in total. The van der Waals surface area contributed by atoms with E-state index in [0.29, 0.717) is 0 Å². The smallest absolute Gasteiger partial charge is 0.345 e. The summed E-state index contributed by atoms with van der Waals surface area (Å²) < 4.78 is 4.68. The summed E-state index contributed by atoms with van der Waals surface area (Å²) >= 11 is 8.24. The van der Waals surface area contributed by atoms with Crippen molar-refractivity contribution in [3.63, 3.8) is 0 Å². The lowest BCUT2D eigenvalue weighted by Crippen LogP contribution is -1.98. The van der Waals surface area contributed by atoms with Gasteiger partial charge in [-0.05, 0) is 15.9 Å². The lowest BCUT2D eigenvalue weighted by Gasteiger charge is -1.91. The quantitative estimate of drug-likeness (QED) is 0.300. The molecule has 0 unspecified atom stereocenters. The number of allylic oxidation sites excluding steroid dienone is 1. The first kappa shape index (κ1) is 10.5. The van der Waals surface area contributed by atoms with Crippen molar-refractivity contribution in [2.45, 2.75) is 0 Å². The average molecular weight is 237 g/mol. The lowest BCUT2D eigenvalue weighted by atomic mass is 10.5. The van der Waals surface area contributed by atoms with Crippen LogP contribution in [0.25, 0.3) is 0 Å². The largest absolute Gasteiger partial charge is 0.465 e. The summed E-state index contributed by atoms with van der Waals surface area (Å²) in [5.74, 6) is 4.92. The predicted octanol–water partition coefficient (Wildman–Crippen LogP) is 1.68. The van der Waals surface area contributed by atoms with Crippen molar-refractivity contribution in [2.24, 2.45) is 0 Å². The second-order valence-corrected chi connectivity index (χ2v) is 2.56. The van der Waals surface area contributed by atoms with E-state index in [1.807, 2.05) is 0 Å². The number of hydrogen-bond donors (Lipinski definition) is 0. The fourth-order valence-electron chi connectivity index (χ4n) is 0.309. The summed E-state index contributed by atoms with van der Waals surface area (Å²) in [4.78, 5) is 10.7. The van der Waals surface area contributed by atoms with E-state index >= 15 is 0 Å². The van der Waals surface area contributed by atoms with E-state index in [4.69, 9.17) is 11.6 Å². The Hall–Kier alpha value is -0.460. The van der Waals surface area contributed by atoms with Gasteiger partial charge in [0.25, 0.3) is 0 Å². The standard InChI is InChI=1S/C7H6BrClO2/c1-11-7(10)6(8)4-2-3-5-9/h4H,5H2,1H3. The van der Waals surface area contributed by atoms with Crippen LogP contribution in [0.15, 0.2) is 10.6 Å². The Morgan fingerprint density at radius 1 is 1.82 bits per heavy atom. The zero-order valence-corrected chi connectivity index (χ0v) is 8.20. The maximum Gasteiger partial charge on any atom is 0.345 e. The van der Waals surface area contributed by atoms with Crippen LogP contribution in [-0.4, -0.2) is 19.0 Å². The third kappa shape index (κ3) is 4.88. The minimum atomic E-state index is -0.450. The Balaban J connectivity index is 4.11. The van der Waals surface area contributed by atoms with Gasteiger partial charge in [-0.2, -0.15) is 0 Å². The van der Waals surface area contributed by atoms with Gasteiger partial charge in [-0.1, -0.05) is 11.8 Å². The van der Waals surface area contributed by atoms with Gasteiger partial charge in [0, 0.05) is 6.08 Å². The van der Waals surface area contributed by atoms with Gasteiger partial charge in [-0.3, -0.25) is 0 Å². The first-order valence-electron chi connectivity index (χ1n) is 2.70. The molecule has 0 heterocycles. The highest BCUT2D eigenvalue weighted by Crippen LogP contribution is 2.04. The van der Waals surface area contributed by atoms with Gasteiger partial charge in [0.15, 0.2) is 0 Å². The molecular weight excluding hydrogens is 231 g/mol. The molecular formula is C7H6BrClO2. The molecule has 60 valence electrons. The van der Waals surface area contributed by atoms with Crippen molar-refractivity contribution < 1.29 is 9.53 Å². The summed E-state index contributed by atoms with van der Waals surface area (Å²) in [6, 6.07) is 0. The number of carbonyl (C=O) groups excluding carboxylic acids is 1. The number of halogens is 2. The highest BCUT2D eigenvalue weighted by molar-refractivity contribution is 9.12. The van der Waals surface area contributed by atoms with E-state index in [9.17, 15) is 4.79 Å². The van der Waals surface area contributed by atoms with Gasteiger partial charge < -0.3 is 4.74 Å². The van der Waals surface area contributed by atoms with E-state index < -0.39 is 5.97 Å². The third-order valence-electron chi connectivity index (χ3n) is 0.748. The van der Waals surface area contributed by atoms with E-state index in [0.717, 1.165) is 0 Å². The number of methoxy groups -OCH3 is 1. The van der Waals surface area contributed by atoms with Crippen LogP contribution in [0.5, 0.6) is 0 Å². The van der Waals surface area contributed by atoms with Gasteiger partial charge >= 0.3 is 5.97 Å². The molecule has 0 atom stereocenters. The second-order valence-electron chi connectivity index (χ2n) is 1.44. The fraction of sp³-hybridized carbons (Fsp3) is 0.286. The molecule has 0 spiro atoms. The van der Waals surface area contributed by atoms with Crippen molar-refractivity contribution in [2.75, 3.05) is 13.0 Å². The Bertz CT molecular complexity index is 224. The second kappa shape index (κ2) is 6.26. The molecule has 0 aromatic rings. The average Bonchev–Trinajstić information content (AvgIpc) is 2.03. The van der Waals surface area contributed by atoms with Crippen molar-refractivity contribution in [1.29, 1.82) is 0 Å². The molecule has 11 heavy (non-hydrogen) atoms. The maximum atomic E-state index is 10.7. The molecule has 0 fully saturated rings. The highest BCUT2D eigenvalue weighted by Gasteiger charge is 2.02.